The number of amides is 1. The lowest BCUT2D eigenvalue weighted by Crippen LogP contribution is -2.43. The molecule has 4 aliphatic rings. The number of carbonyl (C=O) groups excluding carboxylic acids is 2. The van der Waals surface area contributed by atoms with Crippen LogP contribution in [0.5, 0.6) is 0 Å². The van der Waals surface area contributed by atoms with Crippen molar-refractivity contribution in [1.82, 2.24) is 5.32 Å². The summed E-state index contributed by atoms with van der Waals surface area (Å²) in [6.45, 7) is 10.3. The molecule has 0 aromatic rings. The summed E-state index contributed by atoms with van der Waals surface area (Å²) in [6.07, 6.45) is 18.2. The zero-order valence-corrected chi connectivity index (χ0v) is 23.7. The molecule has 3 aliphatic heterocycles. The molecule has 0 aromatic heterocycles. The highest BCUT2D eigenvalue weighted by Gasteiger charge is 2.53. The third-order valence-corrected chi connectivity index (χ3v) is 8.26. The standard InChI is InChI=1S/C31H47NO6/c1-22(6-13-27-19-31(21-36-31)20-30(3,4)38-27)5-8-24-9-11-26(12-10-24)32-28(33)14-7-23(2)37-29(34)25-15-17-35-18-16-25/h5-7,13-14,23-27H,8-12,15-21H2,1-4H3,(H,32,33)/b13-6+,14-7-,22-5+/t23-,24-,26-,27+,31+/m0/s1. The van der Waals surface area contributed by atoms with Crippen molar-refractivity contribution in [3.63, 3.8) is 0 Å². The number of epoxide rings is 1. The Balaban J connectivity index is 1.12. The maximum atomic E-state index is 12.4. The normalized spacial score (nSPS) is 32.9. The van der Waals surface area contributed by atoms with Crippen LogP contribution in [0.3, 0.4) is 0 Å². The van der Waals surface area contributed by atoms with Gasteiger partial charge in [-0.1, -0.05) is 23.8 Å². The van der Waals surface area contributed by atoms with Gasteiger partial charge >= 0.3 is 5.97 Å². The maximum Gasteiger partial charge on any atom is 0.309 e. The van der Waals surface area contributed by atoms with Crippen LogP contribution >= 0.6 is 0 Å². The zero-order chi connectivity index (χ0) is 27.2. The molecule has 1 spiro atoms. The lowest BCUT2D eigenvalue weighted by atomic mass is 9.83. The second kappa shape index (κ2) is 12.9. The Kier molecular flexibility index (Phi) is 9.88. The van der Waals surface area contributed by atoms with Crippen LogP contribution in [-0.2, 0) is 28.5 Å². The topological polar surface area (TPSA) is 86.4 Å². The molecule has 0 unspecified atom stereocenters. The van der Waals surface area contributed by atoms with E-state index < -0.39 is 6.10 Å². The Morgan fingerprint density at radius 2 is 1.79 bits per heavy atom. The van der Waals surface area contributed by atoms with Gasteiger partial charge < -0.3 is 24.3 Å². The molecule has 0 aromatic carbocycles. The predicted molar refractivity (Wildman–Crippen MR) is 147 cm³/mol. The van der Waals surface area contributed by atoms with E-state index in [4.69, 9.17) is 18.9 Å². The molecule has 3 saturated heterocycles. The molecule has 1 amide bonds. The van der Waals surface area contributed by atoms with Crippen LogP contribution < -0.4 is 5.32 Å². The second-order valence-corrected chi connectivity index (χ2v) is 12.4. The summed E-state index contributed by atoms with van der Waals surface area (Å²) < 4.78 is 22.8. The maximum absolute atomic E-state index is 12.4. The third-order valence-electron chi connectivity index (χ3n) is 8.26. The largest absolute Gasteiger partial charge is 0.458 e. The number of allylic oxidation sites excluding steroid dienone is 3. The van der Waals surface area contributed by atoms with Crippen LogP contribution in [-0.4, -0.2) is 61.1 Å². The molecule has 0 bridgehead atoms. The second-order valence-electron chi connectivity index (χ2n) is 12.4. The first-order valence-corrected chi connectivity index (χ1v) is 14.6. The molecular weight excluding hydrogens is 482 g/mol. The van der Waals surface area contributed by atoms with Crippen LogP contribution in [0.1, 0.15) is 85.5 Å². The van der Waals surface area contributed by atoms with Crippen LogP contribution in [0.4, 0.5) is 0 Å². The van der Waals surface area contributed by atoms with Gasteiger partial charge in [-0.15, -0.1) is 0 Å². The van der Waals surface area contributed by atoms with Crippen LogP contribution in [0, 0.1) is 11.8 Å². The van der Waals surface area contributed by atoms with Gasteiger partial charge in [-0.05, 0) is 84.6 Å². The molecule has 4 rings (SSSR count). The van der Waals surface area contributed by atoms with Gasteiger partial charge in [0.05, 0.1) is 29.8 Å². The summed E-state index contributed by atoms with van der Waals surface area (Å²) in [7, 11) is 0. The zero-order valence-electron chi connectivity index (χ0n) is 23.7. The monoisotopic (exact) mass is 529 g/mol. The highest BCUT2D eigenvalue weighted by Crippen LogP contribution is 2.46. The van der Waals surface area contributed by atoms with Crippen molar-refractivity contribution in [3.05, 3.63) is 36.0 Å². The Labute approximate surface area is 228 Å². The molecule has 7 heteroatoms. The predicted octanol–water partition coefficient (Wildman–Crippen LogP) is 5.20. The average Bonchev–Trinajstić information content (AvgIpc) is 3.62. The Bertz CT molecular complexity index is 897. The van der Waals surface area contributed by atoms with E-state index in [0.29, 0.717) is 32.0 Å². The molecule has 38 heavy (non-hydrogen) atoms. The van der Waals surface area contributed by atoms with Crippen molar-refractivity contribution in [1.29, 1.82) is 0 Å². The van der Waals surface area contributed by atoms with Crippen molar-refractivity contribution in [3.8, 4) is 0 Å². The van der Waals surface area contributed by atoms with Crippen molar-refractivity contribution < 1.29 is 28.5 Å². The van der Waals surface area contributed by atoms with E-state index in [9.17, 15) is 9.59 Å². The SMILES string of the molecule is CC(/C=C/[C@@H]1C[C@]2(CO2)CC(C)(C)O1)=C\C[C@H]1CC[C@H](NC(=O)/C=C\[C@H](C)OC(=O)C2CCOCC2)CC1. The summed E-state index contributed by atoms with van der Waals surface area (Å²) in [5.74, 6) is 0.243. The minimum atomic E-state index is -0.421. The molecule has 7 nitrogen and oxygen atoms in total. The summed E-state index contributed by atoms with van der Waals surface area (Å²) >= 11 is 0. The molecule has 3 heterocycles. The van der Waals surface area contributed by atoms with Crippen LogP contribution in [0.2, 0.25) is 0 Å². The first-order chi connectivity index (χ1) is 18.1. The number of hydrogen-bond acceptors (Lipinski definition) is 6. The molecule has 1 saturated carbocycles. The molecule has 1 aliphatic carbocycles. The Morgan fingerprint density at radius 3 is 2.47 bits per heavy atom. The van der Waals surface area contributed by atoms with Gasteiger partial charge in [0.1, 0.15) is 6.10 Å². The summed E-state index contributed by atoms with van der Waals surface area (Å²) in [5.41, 5.74) is 1.18. The number of ether oxygens (including phenoxy) is 4. The van der Waals surface area contributed by atoms with Gasteiger partial charge in [0.25, 0.3) is 0 Å². The quantitative estimate of drug-likeness (QED) is 0.191. The fourth-order valence-electron chi connectivity index (χ4n) is 6.08. The van der Waals surface area contributed by atoms with Gasteiger partial charge in [-0.25, -0.2) is 0 Å². The number of esters is 1. The summed E-state index contributed by atoms with van der Waals surface area (Å²) in [6, 6.07) is 0.206. The fraction of sp³-hybridized carbons (Fsp3) is 0.742. The third kappa shape index (κ3) is 9.06. The number of hydrogen-bond donors (Lipinski definition) is 1. The van der Waals surface area contributed by atoms with Gasteiger partial charge in [-0.2, -0.15) is 0 Å². The van der Waals surface area contributed by atoms with E-state index in [2.05, 4.69) is 44.3 Å². The molecule has 0 radical (unpaired) electrons. The van der Waals surface area contributed by atoms with E-state index in [1.165, 1.54) is 11.6 Å². The first kappa shape index (κ1) is 29.0. The van der Waals surface area contributed by atoms with E-state index >= 15 is 0 Å². The lowest BCUT2D eigenvalue weighted by Gasteiger charge is -2.38. The van der Waals surface area contributed by atoms with Crippen LogP contribution in [0.25, 0.3) is 0 Å². The van der Waals surface area contributed by atoms with Crippen molar-refractivity contribution in [2.45, 2.75) is 115 Å². The van der Waals surface area contributed by atoms with Crippen molar-refractivity contribution in [2.24, 2.45) is 11.8 Å². The molecule has 1 N–H and O–H groups in total. The van der Waals surface area contributed by atoms with Crippen molar-refractivity contribution in [2.75, 3.05) is 19.8 Å². The van der Waals surface area contributed by atoms with Crippen LogP contribution in [0.15, 0.2) is 36.0 Å². The van der Waals surface area contributed by atoms with E-state index in [0.717, 1.165) is 51.6 Å². The Hall–Kier alpha value is -1.96. The van der Waals surface area contributed by atoms with E-state index in [-0.39, 0.29) is 41.1 Å². The van der Waals surface area contributed by atoms with Gasteiger partial charge in [-0.3, -0.25) is 9.59 Å². The smallest absolute Gasteiger partial charge is 0.309 e. The number of rotatable bonds is 9. The van der Waals surface area contributed by atoms with Gasteiger partial charge in [0.2, 0.25) is 5.91 Å². The molecule has 212 valence electrons. The first-order valence-electron chi connectivity index (χ1n) is 14.6. The minimum Gasteiger partial charge on any atom is -0.458 e. The highest BCUT2D eigenvalue weighted by atomic mass is 16.6. The summed E-state index contributed by atoms with van der Waals surface area (Å²) in [5, 5.41) is 3.12. The number of nitrogens with one attached hydrogen (secondary N) is 1. The lowest BCUT2D eigenvalue weighted by molar-refractivity contribution is -0.154. The molecule has 4 fully saturated rings. The molecule has 3 atom stereocenters. The minimum absolute atomic E-state index is 0.0496. The summed E-state index contributed by atoms with van der Waals surface area (Å²) in [4.78, 5) is 24.6. The Morgan fingerprint density at radius 1 is 1.08 bits per heavy atom. The fourth-order valence-corrected chi connectivity index (χ4v) is 6.08. The van der Waals surface area contributed by atoms with Crippen molar-refractivity contribution >= 4 is 11.9 Å². The molecular formula is C31H47NO6. The van der Waals surface area contributed by atoms with E-state index in [1.54, 1.807) is 13.0 Å². The van der Waals surface area contributed by atoms with Gasteiger partial charge in [0, 0.05) is 38.2 Å². The number of carbonyl (C=O) groups is 2. The van der Waals surface area contributed by atoms with E-state index in [1.807, 2.05) is 0 Å². The van der Waals surface area contributed by atoms with Gasteiger partial charge in [0.15, 0.2) is 0 Å². The highest BCUT2D eigenvalue weighted by molar-refractivity contribution is 5.87. The average molecular weight is 530 g/mol.